The summed E-state index contributed by atoms with van der Waals surface area (Å²) in [7, 11) is 0. The third-order valence-electron chi connectivity index (χ3n) is 1.71. The first-order valence-corrected chi connectivity index (χ1v) is 3.60. The first-order valence-electron chi connectivity index (χ1n) is 3.60. The molecule has 0 aromatic carbocycles. The third-order valence-corrected chi connectivity index (χ3v) is 1.71. The molecule has 0 aromatic rings. The standard InChI is InChI=1S/C8H13NO/c9-6-5-7-1-3-8(10)4-2-7/h1,3-4,7,10H,2,5-6,9H2. The first kappa shape index (κ1) is 7.35. The summed E-state index contributed by atoms with van der Waals surface area (Å²) in [5, 5.41) is 8.94. The second-order valence-electron chi connectivity index (χ2n) is 2.56. The van der Waals surface area contributed by atoms with Crippen molar-refractivity contribution in [3.63, 3.8) is 0 Å². The Bertz CT molecular complexity index is 161. The molecular formula is C8H13NO. The molecule has 0 aromatic heterocycles. The molecule has 0 spiro atoms. The van der Waals surface area contributed by atoms with E-state index in [-0.39, 0.29) is 0 Å². The summed E-state index contributed by atoms with van der Waals surface area (Å²) in [5.74, 6) is 0.925. The average molecular weight is 139 g/mol. The molecule has 0 saturated heterocycles. The maximum absolute atomic E-state index is 8.94. The van der Waals surface area contributed by atoms with Crippen molar-refractivity contribution in [3.8, 4) is 0 Å². The van der Waals surface area contributed by atoms with Gasteiger partial charge in [0.25, 0.3) is 0 Å². The Morgan fingerprint density at radius 2 is 2.50 bits per heavy atom. The minimum Gasteiger partial charge on any atom is -0.508 e. The van der Waals surface area contributed by atoms with E-state index in [1.54, 1.807) is 6.08 Å². The molecule has 1 unspecified atom stereocenters. The fourth-order valence-corrected chi connectivity index (χ4v) is 1.08. The van der Waals surface area contributed by atoms with Crippen LogP contribution in [0, 0.1) is 5.92 Å². The fourth-order valence-electron chi connectivity index (χ4n) is 1.08. The molecule has 1 aliphatic rings. The van der Waals surface area contributed by atoms with E-state index in [9.17, 15) is 0 Å². The number of hydrogen-bond donors (Lipinski definition) is 2. The quantitative estimate of drug-likeness (QED) is 0.606. The van der Waals surface area contributed by atoms with Crippen molar-refractivity contribution in [1.29, 1.82) is 0 Å². The van der Waals surface area contributed by atoms with Gasteiger partial charge in [-0.15, -0.1) is 0 Å². The Labute approximate surface area is 61.0 Å². The van der Waals surface area contributed by atoms with Gasteiger partial charge < -0.3 is 10.8 Å². The minimum absolute atomic E-state index is 0.383. The molecule has 0 amide bonds. The molecule has 0 saturated carbocycles. The first-order chi connectivity index (χ1) is 4.83. The second kappa shape index (κ2) is 3.42. The van der Waals surface area contributed by atoms with E-state index >= 15 is 0 Å². The molecule has 3 N–H and O–H groups in total. The van der Waals surface area contributed by atoms with Gasteiger partial charge in [-0.25, -0.2) is 0 Å². The van der Waals surface area contributed by atoms with Gasteiger partial charge in [0.2, 0.25) is 0 Å². The summed E-state index contributed by atoms with van der Waals surface area (Å²) in [6.07, 6.45) is 7.53. The number of rotatable bonds is 2. The second-order valence-corrected chi connectivity index (χ2v) is 2.56. The van der Waals surface area contributed by atoms with Crippen molar-refractivity contribution in [2.45, 2.75) is 12.8 Å². The Morgan fingerprint density at radius 3 is 3.00 bits per heavy atom. The van der Waals surface area contributed by atoms with E-state index in [4.69, 9.17) is 10.8 Å². The summed E-state index contributed by atoms with van der Waals surface area (Å²) in [6, 6.07) is 0. The van der Waals surface area contributed by atoms with Crippen LogP contribution in [0.5, 0.6) is 0 Å². The molecule has 56 valence electrons. The van der Waals surface area contributed by atoms with Gasteiger partial charge in [0.15, 0.2) is 0 Å². The minimum atomic E-state index is 0.383. The van der Waals surface area contributed by atoms with Gasteiger partial charge in [0.1, 0.15) is 5.76 Å². The number of allylic oxidation sites excluding steroid dienone is 3. The van der Waals surface area contributed by atoms with Gasteiger partial charge >= 0.3 is 0 Å². The molecule has 1 atom stereocenters. The van der Waals surface area contributed by atoms with E-state index in [2.05, 4.69) is 0 Å². The fraction of sp³-hybridized carbons (Fsp3) is 0.500. The zero-order chi connectivity index (χ0) is 7.40. The lowest BCUT2D eigenvalue weighted by atomic mass is 9.97. The van der Waals surface area contributed by atoms with Crippen molar-refractivity contribution >= 4 is 0 Å². The van der Waals surface area contributed by atoms with Crippen LogP contribution >= 0.6 is 0 Å². The predicted molar refractivity (Wildman–Crippen MR) is 41.6 cm³/mol. The van der Waals surface area contributed by atoms with Crippen LogP contribution in [0.2, 0.25) is 0 Å². The highest BCUT2D eigenvalue weighted by Gasteiger charge is 2.05. The van der Waals surface area contributed by atoms with Crippen molar-refractivity contribution in [2.75, 3.05) is 6.54 Å². The summed E-state index contributed by atoms with van der Waals surface area (Å²) in [6.45, 7) is 0.726. The molecule has 0 bridgehead atoms. The number of hydrogen-bond acceptors (Lipinski definition) is 2. The van der Waals surface area contributed by atoms with E-state index < -0.39 is 0 Å². The third kappa shape index (κ3) is 1.88. The molecule has 0 radical (unpaired) electrons. The number of aliphatic hydroxyl groups excluding tert-OH is 1. The molecule has 2 nitrogen and oxygen atoms in total. The summed E-state index contributed by atoms with van der Waals surface area (Å²) in [5.41, 5.74) is 5.38. The maximum Gasteiger partial charge on any atom is 0.111 e. The zero-order valence-electron chi connectivity index (χ0n) is 5.96. The highest BCUT2D eigenvalue weighted by Crippen LogP contribution is 2.16. The van der Waals surface area contributed by atoms with Gasteiger partial charge in [-0.1, -0.05) is 6.08 Å². The molecule has 10 heavy (non-hydrogen) atoms. The van der Waals surface area contributed by atoms with Crippen LogP contribution in [0.15, 0.2) is 24.0 Å². The number of nitrogens with two attached hydrogens (primary N) is 1. The summed E-state index contributed by atoms with van der Waals surface area (Å²) < 4.78 is 0. The Morgan fingerprint density at radius 1 is 1.70 bits per heavy atom. The Balaban J connectivity index is 2.37. The van der Waals surface area contributed by atoms with Crippen LogP contribution < -0.4 is 5.73 Å². The van der Waals surface area contributed by atoms with E-state index in [0.717, 1.165) is 19.4 Å². The molecule has 1 aliphatic carbocycles. The van der Waals surface area contributed by atoms with E-state index in [1.807, 2.05) is 12.2 Å². The topological polar surface area (TPSA) is 46.2 Å². The monoisotopic (exact) mass is 139 g/mol. The van der Waals surface area contributed by atoms with Crippen molar-refractivity contribution < 1.29 is 5.11 Å². The lowest BCUT2D eigenvalue weighted by Gasteiger charge is -2.11. The van der Waals surface area contributed by atoms with Crippen LogP contribution in [0.1, 0.15) is 12.8 Å². The lowest BCUT2D eigenvalue weighted by molar-refractivity contribution is 0.419. The smallest absolute Gasteiger partial charge is 0.111 e. The Hall–Kier alpha value is -0.760. The van der Waals surface area contributed by atoms with Crippen molar-refractivity contribution in [3.05, 3.63) is 24.0 Å². The summed E-state index contributed by atoms with van der Waals surface area (Å²) in [4.78, 5) is 0. The summed E-state index contributed by atoms with van der Waals surface area (Å²) >= 11 is 0. The molecule has 0 fully saturated rings. The highest BCUT2D eigenvalue weighted by atomic mass is 16.3. The zero-order valence-corrected chi connectivity index (χ0v) is 5.96. The van der Waals surface area contributed by atoms with Crippen LogP contribution in [0.3, 0.4) is 0 Å². The van der Waals surface area contributed by atoms with Crippen molar-refractivity contribution in [2.24, 2.45) is 11.7 Å². The van der Waals surface area contributed by atoms with Gasteiger partial charge in [0, 0.05) is 0 Å². The molecule has 0 aliphatic heterocycles. The maximum atomic E-state index is 8.94. The number of aliphatic hydroxyl groups is 1. The Kier molecular flexibility index (Phi) is 2.51. The van der Waals surface area contributed by atoms with E-state index in [1.165, 1.54) is 0 Å². The average Bonchev–Trinajstić information content (AvgIpc) is 1.95. The van der Waals surface area contributed by atoms with Crippen LogP contribution in [-0.2, 0) is 0 Å². The lowest BCUT2D eigenvalue weighted by Crippen LogP contribution is -2.07. The van der Waals surface area contributed by atoms with Crippen LogP contribution in [0.4, 0.5) is 0 Å². The predicted octanol–water partition coefficient (Wildman–Crippen LogP) is 1.35. The molecule has 2 heteroatoms. The van der Waals surface area contributed by atoms with Crippen LogP contribution in [-0.4, -0.2) is 11.7 Å². The largest absolute Gasteiger partial charge is 0.508 e. The van der Waals surface area contributed by atoms with Gasteiger partial charge in [0.05, 0.1) is 0 Å². The molecule has 1 rings (SSSR count). The van der Waals surface area contributed by atoms with Gasteiger partial charge in [-0.2, -0.15) is 0 Å². The molecule has 0 heterocycles. The van der Waals surface area contributed by atoms with Crippen LogP contribution in [0.25, 0.3) is 0 Å². The SMILES string of the molecule is NCCC1C=CC(O)=CC1. The molecular weight excluding hydrogens is 126 g/mol. The highest BCUT2D eigenvalue weighted by molar-refractivity contribution is 5.16. The normalized spacial score (nSPS) is 24.5. The van der Waals surface area contributed by atoms with Gasteiger partial charge in [-0.05, 0) is 37.5 Å². The van der Waals surface area contributed by atoms with Gasteiger partial charge in [-0.3, -0.25) is 0 Å². The van der Waals surface area contributed by atoms with E-state index in [0.29, 0.717) is 11.7 Å². The van der Waals surface area contributed by atoms with Crippen molar-refractivity contribution in [1.82, 2.24) is 0 Å².